The molecule has 0 saturated heterocycles. The lowest BCUT2D eigenvalue weighted by atomic mass is 10.0. The van der Waals surface area contributed by atoms with Crippen LogP contribution in [0.25, 0.3) is 0 Å². The Hall–Kier alpha value is -1.57. The van der Waals surface area contributed by atoms with Gasteiger partial charge in [-0.2, -0.15) is 0 Å². The van der Waals surface area contributed by atoms with E-state index >= 15 is 0 Å². The molecule has 2 heteroatoms. The number of benzene rings is 1. The molecule has 1 fully saturated rings. The molecule has 1 saturated carbocycles. The monoisotopic (exact) mass is 283 g/mol. The molecule has 1 aliphatic heterocycles. The van der Waals surface area contributed by atoms with Gasteiger partial charge >= 0.3 is 0 Å². The lowest BCUT2D eigenvalue weighted by molar-refractivity contribution is -0.498. The molecule has 1 N–H and O–H groups in total. The van der Waals surface area contributed by atoms with E-state index in [-0.39, 0.29) is 0 Å². The largest absolute Gasteiger partial charge is 0.379 e. The van der Waals surface area contributed by atoms with Crippen LogP contribution in [0.4, 0.5) is 5.69 Å². The van der Waals surface area contributed by atoms with Gasteiger partial charge in [0.25, 0.3) is 0 Å². The van der Waals surface area contributed by atoms with Crippen LogP contribution >= 0.6 is 0 Å². The van der Waals surface area contributed by atoms with Gasteiger partial charge in [-0.25, -0.2) is 4.58 Å². The topological polar surface area (TPSA) is 15.0 Å². The highest BCUT2D eigenvalue weighted by molar-refractivity contribution is 5.92. The van der Waals surface area contributed by atoms with Gasteiger partial charge in [0.15, 0.2) is 5.71 Å². The van der Waals surface area contributed by atoms with Crippen molar-refractivity contribution in [3.05, 3.63) is 42.0 Å². The van der Waals surface area contributed by atoms with Gasteiger partial charge in [-0.15, -0.1) is 0 Å². The SMILES string of the molecule is CC(C)c1cccc(NC2(CC3=[N+](C)CCC=C3)CC2)c1. The zero-order valence-corrected chi connectivity index (χ0v) is 13.5. The number of hydrogen-bond acceptors (Lipinski definition) is 1. The molecule has 21 heavy (non-hydrogen) atoms. The molecule has 1 aromatic rings. The van der Waals surface area contributed by atoms with Crippen LogP contribution in [0.15, 0.2) is 36.4 Å². The third kappa shape index (κ3) is 3.37. The van der Waals surface area contributed by atoms with Gasteiger partial charge in [-0.05, 0) is 36.5 Å². The van der Waals surface area contributed by atoms with Gasteiger partial charge in [0.1, 0.15) is 13.6 Å². The van der Waals surface area contributed by atoms with Crippen molar-refractivity contribution in [1.82, 2.24) is 0 Å². The summed E-state index contributed by atoms with van der Waals surface area (Å²) in [7, 11) is 2.22. The summed E-state index contributed by atoms with van der Waals surface area (Å²) in [6.45, 7) is 5.66. The highest BCUT2D eigenvalue weighted by Gasteiger charge is 2.45. The molecule has 0 spiro atoms. The highest BCUT2D eigenvalue weighted by Crippen LogP contribution is 2.42. The lowest BCUT2D eigenvalue weighted by Gasteiger charge is -2.20. The van der Waals surface area contributed by atoms with Crippen LogP contribution in [-0.4, -0.2) is 29.4 Å². The summed E-state index contributed by atoms with van der Waals surface area (Å²) in [4.78, 5) is 0. The van der Waals surface area contributed by atoms with E-state index in [1.54, 1.807) is 0 Å². The fraction of sp³-hybridized carbons (Fsp3) is 0.526. The van der Waals surface area contributed by atoms with E-state index < -0.39 is 0 Å². The number of rotatable bonds is 5. The van der Waals surface area contributed by atoms with Crippen LogP contribution in [-0.2, 0) is 0 Å². The second-order valence-corrected chi connectivity index (χ2v) is 6.97. The van der Waals surface area contributed by atoms with E-state index in [2.05, 4.69) is 67.2 Å². The van der Waals surface area contributed by atoms with E-state index in [1.807, 2.05) is 0 Å². The second-order valence-electron chi connectivity index (χ2n) is 6.97. The fourth-order valence-corrected chi connectivity index (χ4v) is 3.08. The number of nitrogens with one attached hydrogen (secondary N) is 1. The molecule has 0 radical (unpaired) electrons. The highest BCUT2D eigenvalue weighted by atomic mass is 15.0. The lowest BCUT2D eigenvalue weighted by Crippen LogP contribution is -2.30. The molecular formula is C19H27N2+. The minimum Gasteiger partial charge on any atom is -0.379 e. The summed E-state index contributed by atoms with van der Waals surface area (Å²) < 4.78 is 2.41. The van der Waals surface area contributed by atoms with Gasteiger partial charge in [-0.1, -0.05) is 32.1 Å². The van der Waals surface area contributed by atoms with E-state index in [9.17, 15) is 0 Å². The number of allylic oxidation sites excluding steroid dienone is 1. The van der Waals surface area contributed by atoms with Gasteiger partial charge in [-0.3, -0.25) is 0 Å². The van der Waals surface area contributed by atoms with Gasteiger partial charge in [0.2, 0.25) is 0 Å². The predicted octanol–water partition coefficient (Wildman–Crippen LogP) is 4.19. The minimum absolute atomic E-state index is 0.293. The normalized spacial score (nSPS) is 20.0. The van der Waals surface area contributed by atoms with Crippen molar-refractivity contribution in [2.24, 2.45) is 0 Å². The van der Waals surface area contributed by atoms with Gasteiger partial charge < -0.3 is 5.32 Å². The van der Waals surface area contributed by atoms with Crippen molar-refractivity contribution >= 4 is 11.4 Å². The molecule has 0 atom stereocenters. The van der Waals surface area contributed by atoms with Crippen LogP contribution in [0.3, 0.4) is 0 Å². The Morgan fingerprint density at radius 3 is 2.76 bits per heavy atom. The van der Waals surface area contributed by atoms with Crippen molar-refractivity contribution in [2.45, 2.75) is 51.0 Å². The predicted molar refractivity (Wildman–Crippen MR) is 90.6 cm³/mol. The van der Waals surface area contributed by atoms with Crippen molar-refractivity contribution < 1.29 is 4.58 Å². The Labute approximate surface area is 128 Å². The van der Waals surface area contributed by atoms with E-state index in [0.717, 1.165) is 13.0 Å². The van der Waals surface area contributed by atoms with Crippen molar-refractivity contribution in [3.8, 4) is 0 Å². The molecule has 0 unspecified atom stereocenters. The molecule has 0 aromatic heterocycles. The number of hydrogen-bond donors (Lipinski definition) is 1. The molecule has 1 aliphatic carbocycles. The minimum atomic E-state index is 0.293. The molecule has 0 amide bonds. The first-order chi connectivity index (χ1) is 10.1. The first-order valence-electron chi connectivity index (χ1n) is 8.20. The van der Waals surface area contributed by atoms with Crippen molar-refractivity contribution in [1.29, 1.82) is 0 Å². The van der Waals surface area contributed by atoms with Crippen molar-refractivity contribution in [3.63, 3.8) is 0 Å². The first kappa shape index (κ1) is 14.4. The molecule has 0 bridgehead atoms. The summed E-state index contributed by atoms with van der Waals surface area (Å²) in [5.74, 6) is 0.587. The summed E-state index contributed by atoms with van der Waals surface area (Å²) in [6, 6.07) is 8.92. The zero-order chi connectivity index (χ0) is 14.9. The molecule has 1 aromatic carbocycles. The fourth-order valence-electron chi connectivity index (χ4n) is 3.08. The maximum absolute atomic E-state index is 3.81. The number of anilines is 1. The van der Waals surface area contributed by atoms with Gasteiger partial charge in [0, 0.05) is 23.7 Å². The Morgan fingerprint density at radius 1 is 1.29 bits per heavy atom. The van der Waals surface area contributed by atoms with Crippen LogP contribution in [0, 0.1) is 0 Å². The van der Waals surface area contributed by atoms with Crippen LogP contribution in [0.2, 0.25) is 0 Å². The van der Waals surface area contributed by atoms with E-state index in [1.165, 1.54) is 36.2 Å². The summed E-state index contributed by atoms with van der Waals surface area (Å²) >= 11 is 0. The average molecular weight is 283 g/mol. The Bertz CT molecular complexity index is 577. The standard InChI is InChI=1S/C19H27N2/c1-15(2)16-7-6-8-17(13-16)20-19(10-11-19)14-18-9-4-5-12-21(18)3/h4,6-9,13,15,20H,5,10-12,14H2,1-3H3/q+1. The quantitative estimate of drug-likeness (QED) is 0.801. The third-order valence-electron chi connectivity index (χ3n) is 4.77. The number of nitrogens with zero attached hydrogens (tertiary/aromatic N) is 1. The average Bonchev–Trinajstić information content (AvgIpc) is 3.21. The molecule has 112 valence electrons. The second kappa shape index (κ2) is 5.67. The Balaban J connectivity index is 1.72. The van der Waals surface area contributed by atoms with Gasteiger partial charge in [0.05, 0.1) is 6.42 Å². The molecule has 2 nitrogen and oxygen atoms in total. The Kier molecular flexibility index (Phi) is 3.88. The summed E-state index contributed by atoms with van der Waals surface area (Å²) in [5, 5.41) is 3.81. The van der Waals surface area contributed by atoms with Crippen LogP contribution in [0.1, 0.15) is 51.0 Å². The maximum Gasteiger partial charge on any atom is 0.177 e. The van der Waals surface area contributed by atoms with Crippen LogP contribution < -0.4 is 5.32 Å². The molecule has 2 aliphatic rings. The molecule has 1 heterocycles. The Morgan fingerprint density at radius 2 is 2.10 bits per heavy atom. The summed E-state index contributed by atoms with van der Waals surface area (Å²) in [6.07, 6.45) is 9.51. The molecule has 3 rings (SSSR count). The van der Waals surface area contributed by atoms with Crippen LogP contribution in [0.5, 0.6) is 0 Å². The third-order valence-corrected chi connectivity index (χ3v) is 4.77. The van der Waals surface area contributed by atoms with Crippen molar-refractivity contribution in [2.75, 3.05) is 18.9 Å². The summed E-state index contributed by atoms with van der Waals surface area (Å²) in [5.41, 5.74) is 4.46. The van der Waals surface area contributed by atoms with E-state index in [0.29, 0.717) is 11.5 Å². The first-order valence-corrected chi connectivity index (χ1v) is 8.20. The smallest absolute Gasteiger partial charge is 0.177 e. The maximum atomic E-state index is 3.81. The zero-order valence-electron chi connectivity index (χ0n) is 13.5. The molecular weight excluding hydrogens is 256 g/mol. The van der Waals surface area contributed by atoms with E-state index in [4.69, 9.17) is 0 Å².